The number of anilines is 2. The van der Waals surface area contributed by atoms with Crippen LogP contribution in [0.4, 0.5) is 11.6 Å². The number of nitrogens with zero attached hydrogens (tertiary/aromatic N) is 4. The quantitative estimate of drug-likeness (QED) is 0.757. The smallest absolute Gasteiger partial charge is 0.167 e. The predicted molar refractivity (Wildman–Crippen MR) is 89.9 cm³/mol. The van der Waals surface area contributed by atoms with Crippen molar-refractivity contribution in [3.8, 4) is 11.1 Å². The topological polar surface area (TPSA) is 59.5 Å². The Bertz CT molecular complexity index is 789. The maximum absolute atomic E-state index is 6.24. The van der Waals surface area contributed by atoms with Gasteiger partial charge in [-0.2, -0.15) is 21.0 Å². The van der Waals surface area contributed by atoms with Gasteiger partial charge < -0.3 is 10.6 Å². The van der Waals surface area contributed by atoms with Gasteiger partial charge >= 0.3 is 0 Å². The molecule has 2 N–H and O–H groups in total. The molecule has 0 aromatic carbocycles. The molecule has 1 aliphatic rings. The van der Waals surface area contributed by atoms with Gasteiger partial charge in [-0.05, 0) is 51.2 Å². The van der Waals surface area contributed by atoms with Crippen LogP contribution in [0, 0.1) is 0 Å². The molecule has 0 spiro atoms. The lowest BCUT2D eigenvalue weighted by atomic mass is 10.2. The van der Waals surface area contributed by atoms with Crippen molar-refractivity contribution in [3.05, 3.63) is 27.5 Å². The van der Waals surface area contributed by atoms with Crippen molar-refractivity contribution in [1.29, 1.82) is 0 Å². The second-order valence-corrected chi connectivity index (χ2v) is 6.71. The number of aromatic nitrogens is 3. The first kappa shape index (κ1) is 13.1. The van der Waals surface area contributed by atoms with Gasteiger partial charge in [-0.15, -0.1) is 0 Å². The molecule has 0 amide bonds. The van der Waals surface area contributed by atoms with Crippen LogP contribution in [-0.4, -0.2) is 27.7 Å². The van der Waals surface area contributed by atoms with E-state index in [4.69, 9.17) is 10.7 Å². The van der Waals surface area contributed by atoms with E-state index in [1.165, 1.54) is 12.8 Å². The van der Waals surface area contributed by atoms with Crippen LogP contribution < -0.4 is 10.6 Å². The molecular formula is C14H14BrN5S. The summed E-state index contributed by atoms with van der Waals surface area (Å²) in [6.07, 6.45) is 4.24. The Hall–Kier alpha value is -1.60. The number of hydrogen-bond acceptors (Lipinski definition) is 5. The number of nitrogen functional groups attached to an aromatic ring is 1. The van der Waals surface area contributed by atoms with E-state index in [-0.39, 0.29) is 0 Å². The molecule has 21 heavy (non-hydrogen) atoms. The summed E-state index contributed by atoms with van der Waals surface area (Å²) in [5.74, 6) is 1.53. The van der Waals surface area contributed by atoms with Crippen molar-refractivity contribution in [2.45, 2.75) is 12.8 Å². The van der Waals surface area contributed by atoms with Gasteiger partial charge in [0.15, 0.2) is 5.65 Å². The molecule has 0 atom stereocenters. The maximum Gasteiger partial charge on any atom is 0.167 e. The molecule has 0 unspecified atom stereocenters. The Morgan fingerprint density at radius 1 is 1.29 bits per heavy atom. The van der Waals surface area contributed by atoms with Gasteiger partial charge in [-0.25, -0.2) is 4.98 Å². The molecule has 1 fully saturated rings. The first-order valence-electron chi connectivity index (χ1n) is 6.86. The number of rotatable bonds is 2. The number of thiophene rings is 1. The first-order valence-corrected chi connectivity index (χ1v) is 8.59. The molecule has 3 aromatic heterocycles. The molecular weight excluding hydrogens is 350 g/mol. The van der Waals surface area contributed by atoms with Crippen LogP contribution in [0.25, 0.3) is 16.8 Å². The standard InChI is InChI=1S/C14H14BrN5S/c15-11-12(16)20-13(18-14(11)19-4-1-2-5-19)10(7-17-20)9-3-6-21-8-9/h3,6-8H,1-2,4-5,16H2. The second kappa shape index (κ2) is 4.99. The Morgan fingerprint density at radius 2 is 2.10 bits per heavy atom. The zero-order chi connectivity index (χ0) is 14.4. The van der Waals surface area contributed by atoms with Gasteiger partial charge in [0.2, 0.25) is 0 Å². The monoisotopic (exact) mass is 363 g/mol. The van der Waals surface area contributed by atoms with Gasteiger partial charge in [0.1, 0.15) is 16.1 Å². The zero-order valence-corrected chi connectivity index (χ0v) is 13.7. The number of nitrogens with two attached hydrogens (primary N) is 1. The zero-order valence-electron chi connectivity index (χ0n) is 11.3. The highest BCUT2D eigenvalue weighted by atomic mass is 79.9. The van der Waals surface area contributed by atoms with Crippen LogP contribution in [0.5, 0.6) is 0 Å². The predicted octanol–water partition coefficient (Wildman–Crippen LogP) is 3.40. The Kier molecular flexibility index (Phi) is 3.11. The largest absolute Gasteiger partial charge is 0.383 e. The summed E-state index contributed by atoms with van der Waals surface area (Å²) in [5, 5.41) is 8.55. The third kappa shape index (κ3) is 2.03. The van der Waals surface area contributed by atoms with E-state index in [2.05, 4.69) is 42.8 Å². The summed E-state index contributed by atoms with van der Waals surface area (Å²) in [6, 6.07) is 2.08. The number of halogens is 1. The van der Waals surface area contributed by atoms with Crippen molar-refractivity contribution in [2.75, 3.05) is 23.7 Å². The lowest BCUT2D eigenvalue weighted by Gasteiger charge is -2.19. The van der Waals surface area contributed by atoms with E-state index < -0.39 is 0 Å². The third-order valence-corrected chi connectivity index (χ3v) is 5.29. The summed E-state index contributed by atoms with van der Waals surface area (Å²) in [6.45, 7) is 2.06. The highest BCUT2D eigenvalue weighted by Gasteiger charge is 2.22. The summed E-state index contributed by atoms with van der Waals surface area (Å²) in [4.78, 5) is 7.12. The summed E-state index contributed by atoms with van der Waals surface area (Å²) < 4.78 is 2.54. The van der Waals surface area contributed by atoms with Gasteiger partial charge in [0.05, 0.1) is 6.20 Å². The average Bonchev–Trinajstić information content (AvgIpc) is 3.22. The van der Waals surface area contributed by atoms with E-state index in [0.717, 1.165) is 40.2 Å². The molecule has 5 nitrogen and oxygen atoms in total. The maximum atomic E-state index is 6.24. The van der Waals surface area contributed by atoms with Crippen molar-refractivity contribution >= 4 is 44.5 Å². The van der Waals surface area contributed by atoms with Crippen LogP contribution in [0.1, 0.15) is 12.8 Å². The van der Waals surface area contributed by atoms with Crippen LogP contribution >= 0.6 is 27.3 Å². The van der Waals surface area contributed by atoms with Crippen LogP contribution in [0.15, 0.2) is 27.5 Å². The third-order valence-electron chi connectivity index (χ3n) is 3.84. The van der Waals surface area contributed by atoms with Crippen molar-refractivity contribution < 1.29 is 0 Å². The van der Waals surface area contributed by atoms with Crippen LogP contribution in [0.2, 0.25) is 0 Å². The minimum atomic E-state index is 0.600. The van der Waals surface area contributed by atoms with Crippen LogP contribution in [-0.2, 0) is 0 Å². The molecule has 0 bridgehead atoms. The fourth-order valence-corrected chi connectivity index (χ4v) is 3.91. The Balaban J connectivity index is 1.95. The van der Waals surface area contributed by atoms with E-state index >= 15 is 0 Å². The second-order valence-electron chi connectivity index (χ2n) is 5.13. The van der Waals surface area contributed by atoms with Gasteiger partial charge in [0, 0.05) is 18.7 Å². The molecule has 108 valence electrons. The van der Waals surface area contributed by atoms with Crippen molar-refractivity contribution in [3.63, 3.8) is 0 Å². The van der Waals surface area contributed by atoms with Gasteiger partial charge in [-0.3, -0.25) is 0 Å². The van der Waals surface area contributed by atoms with Crippen molar-refractivity contribution in [1.82, 2.24) is 14.6 Å². The molecule has 3 aromatic rings. The van der Waals surface area contributed by atoms with Gasteiger partial charge in [0.25, 0.3) is 0 Å². The normalized spacial score (nSPS) is 15.2. The SMILES string of the molecule is Nc1c(Br)c(N2CCCC2)nc2c(-c3ccsc3)cnn12. The Morgan fingerprint density at radius 3 is 2.81 bits per heavy atom. The number of fused-ring (bicyclic) bond motifs is 1. The highest BCUT2D eigenvalue weighted by Crippen LogP contribution is 2.35. The first-order chi connectivity index (χ1) is 10.3. The number of hydrogen-bond donors (Lipinski definition) is 1. The fraction of sp³-hybridized carbons (Fsp3) is 0.286. The average molecular weight is 364 g/mol. The summed E-state index contributed by atoms with van der Waals surface area (Å²) in [5.41, 5.74) is 9.22. The van der Waals surface area contributed by atoms with E-state index in [9.17, 15) is 0 Å². The molecule has 0 aliphatic carbocycles. The van der Waals surface area contributed by atoms with Crippen molar-refractivity contribution in [2.24, 2.45) is 0 Å². The fourth-order valence-electron chi connectivity index (χ4n) is 2.74. The molecule has 4 heterocycles. The molecule has 0 radical (unpaired) electrons. The summed E-state index contributed by atoms with van der Waals surface area (Å²) >= 11 is 5.25. The van der Waals surface area contributed by atoms with Gasteiger partial charge in [-0.1, -0.05) is 0 Å². The molecule has 7 heteroatoms. The van der Waals surface area contributed by atoms with E-state index in [1.54, 1.807) is 15.9 Å². The molecule has 0 saturated carbocycles. The lowest BCUT2D eigenvalue weighted by molar-refractivity contribution is 0.899. The minimum absolute atomic E-state index is 0.600. The van der Waals surface area contributed by atoms with E-state index in [0.29, 0.717) is 5.82 Å². The lowest BCUT2D eigenvalue weighted by Crippen LogP contribution is -2.21. The summed E-state index contributed by atoms with van der Waals surface area (Å²) in [7, 11) is 0. The molecule has 1 saturated heterocycles. The highest BCUT2D eigenvalue weighted by molar-refractivity contribution is 9.10. The molecule has 4 rings (SSSR count). The Labute approximate surface area is 134 Å². The molecule has 1 aliphatic heterocycles. The van der Waals surface area contributed by atoms with Crippen LogP contribution in [0.3, 0.4) is 0 Å². The van der Waals surface area contributed by atoms with E-state index in [1.807, 2.05) is 6.20 Å². The minimum Gasteiger partial charge on any atom is -0.383 e.